The molecular formula is C8H11NO3. The standard InChI is InChI=1S/C8H11NO3/c1-6(8(3)12-4)5-7(2)9(10)11/h5H,2-3H2,1,4H3/b6-5-. The fourth-order valence-electron chi connectivity index (χ4n) is 0.544. The highest BCUT2D eigenvalue weighted by molar-refractivity contribution is 5.26. The van der Waals surface area contributed by atoms with E-state index in [1.54, 1.807) is 6.92 Å². The molecule has 0 atom stereocenters. The Morgan fingerprint density at radius 1 is 1.58 bits per heavy atom. The van der Waals surface area contributed by atoms with E-state index in [9.17, 15) is 10.1 Å². The van der Waals surface area contributed by atoms with E-state index >= 15 is 0 Å². The zero-order chi connectivity index (χ0) is 9.72. The molecule has 0 N–H and O–H groups in total. The molecule has 0 fully saturated rings. The SMILES string of the molecule is C=C(OC)/C(C)=C\C(=C)[N+](=O)[O-]. The lowest BCUT2D eigenvalue weighted by Gasteiger charge is -2.01. The van der Waals surface area contributed by atoms with Crippen LogP contribution in [0, 0.1) is 10.1 Å². The summed E-state index contributed by atoms with van der Waals surface area (Å²) in [5.41, 5.74) is 0.421. The molecule has 0 aliphatic carbocycles. The van der Waals surface area contributed by atoms with Gasteiger partial charge in [0.05, 0.1) is 12.0 Å². The van der Waals surface area contributed by atoms with E-state index in [1.807, 2.05) is 0 Å². The molecule has 4 nitrogen and oxygen atoms in total. The average Bonchev–Trinajstić information content (AvgIpc) is 2.02. The van der Waals surface area contributed by atoms with E-state index in [1.165, 1.54) is 13.2 Å². The monoisotopic (exact) mass is 169 g/mol. The van der Waals surface area contributed by atoms with Gasteiger partial charge >= 0.3 is 0 Å². The van der Waals surface area contributed by atoms with Crippen molar-refractivity contribution in [1.29, 1.82) is 0 Å². The van der Waals surface area contributed by atoms with Crippen LogP contribution in [-0.2, 0) is 4.74 Å². The number of nitro groups is 1. The lowest BCUT2D eigenvalue weighted by molar-refractivity contribution is -0.418. The minimum atomic E-state index is -0.563. The summed E-state index contributed by atoms with van der Waals surface area (Å²) >= 11 is 0. The lowest BCUT2D eigenvalue weighted by atomic mass is 10.2. The van der Waals surface area contributed by atoms with Crippen LogP contribution in [0.3, 0.4) is 0 Å². The van der Waals surface area contributed by atoms with Gasteiger partial charge in [-0.3, -0.25) is 10.1 Å². The molecule has 0 saturated heterocycles. The highest BCUT2D eigenvalue weighted by Gasteiger charge is 2.04. The number of hydrogen-bond acceptors (Lipinski definition) is 3. The lowest BCUT2D eigenvalue weighted by Crippen LogP contribution is -1.95. The molecule has 0 aliphatic heterocycles. The van der Waals surface area contributed by atoms with Crippen LogP contribution in [0.15, 0.2) is 36.3 Å². The molecule has 0 aromatic heterocycles. The molecule has 0 spiro atoms. The molecule has 0 amide bonds. The van der Waals surface area contributed by atoms with Crippen molar-refractivity contribution in [2.75, 3.05) is 7.11 Å². The summed E-state index contributed by atoms with van der Waals surface area (Å²) in [5.74, 6) is 0.401. The Labute approximate surface area is 71.0 Å². The minimum Gasteiger partial charge on any atom is -0.497 e. The quantitative estimate of drug-likeness (QED) is 0.279. The van der Waals surface area contributed by atoms with Crippen LogP contribution >= 0.6 is 0 Å². The van der Waals surface area contributed by atoms with Crippen molar-refractivity contribution in [2.24, 2.45) is 0 Å². The van der Waals surface area contributed by atoms with Gasteiger partial charge in [-0.25, -0.2) is 0 Å². The maximum atomic E-state index is 10.1. The highest BCUT2D eigenvalue weighted by atomic mass is 16.6. The maximum absolute atomic E-state index is 10.1. The number of hydrogen-bond donors (Lipinski definition) is 0. The van der Waals surface area contributed by atoms with Crippen LogP contribution < -0.4 is 0 Å². The molecule has 66 valence electrons. The van der Waals surface area contributed by atoms with Gasteiger partial charge in [0, 0.05) is 6.08 Å². The first-order valence-electron chi connectivity index (χ1n) is 3.24. The smallest absolute Gasteiger partial charge is 0.262 e. The first kappa shape index (κ1) is 10.4. The van der Waals surface area contributed by atoms with E-state index in [0.29, 0.717) is 11.3 Å². The van der Waals surface area contributed by atoms with Gasteiger partial charge in [0.2, 0.25) is 0 Å². The third kappa shape index (κ3) is 3.01. The van der Waals surface area contributed by atoms with Crippen molar-refractivity contribution in [1.82, 2.24) is 0 Å². The second-order valence-corrected chi connectivity index (χ2v) is 2.20. The zero-order valence-electron chi connectivity index (χ0n) is 7.16. The van der Waals surface area contributed by atoms with Crippen molar-refractivity contribution in [3.8, 4) is 0 Å². The van der Waals surface area contributed by atoms with Gasteiger partial charge in [-0.2, -0.15) is 0 Å². The van der Waals surface area contributed by atoms with Crippen LogP contribution in [0.2, 0.25) is 0 Å². The summed E-state index contributed by atoms with van der Waals surface area (Å²) in [6.45, 7) is 8.44. The summed E-state index contributed by atoms with van der Waals surface area (Å²) in [6.07, 6.45) is 1.31. The Bertz CT molecular complexity index is 253. The first-order valence-corrected chi connectivity index (χ1v) is 3.24. The van der Waals surface area contributed by atoms with E-state index in [0.717, 1.165) is 0 Å². The second-order valence-electron chi connectivity index (χ2n) is 2.20. The number of rotatable bonds is 4. The molecule has 0 aromatic carbocycles. The molecule has 0 heterocycles. The number of ether oxygens (including phenoxy) is 1. The summed E-state index contributed by atoms with van der Waals surface area (Å²) in [7, 11) is 1.45. The summed E-state index contributed by atoms with van der Waals surface area (Å²) < 4.78 is 4.77. The Hall–Kier alpha value is -1.58. The van der Waals surface area contributed by atoms with E-state index < -0.39 is 4.92 Å². The van der Waals surface area contributed by atoms with E-state index in [2.05, 4.69) is 13.2 Å². The Morgan fingerprint density at radius 3 is 2.42 bits per heavy atom. The Balaban J connectivity index is 4.46. The molecular weight excluding hydrogens is 158 g/mol. The fraction of sp³-hybridized carbons (Fsp3) is 0.250. The minimum absolute atomic E-state index is 0.175. The first-order chi connectivity index (χ1) is 5.49. The van der Waals surface area contributed by atoms with Gasteiger partial charge in [-0.05, 0) is 19.1 Å². The average molecular weight is 169 g/mol. The molecule has 12 heavy (non-hydrogen) atoms. The molecule has 0 aliphatic rings. The van der Waals surface area contributed by atoms with Crippen molar-refractivity contribution >= 4 is 0 Å². The predicted octanol–water partition coefficient (Wildman–Crippen LogP) is 1.88. The van der Waals surface area contributed by atoms with Gasteiger partial charge in [-0.1, -0.05) is 6.58 Å². The Kier molecular flexibility index (Phi) is 3.76. The highest BCUT2D eigenvalue weighted by Crippen LogP contribution is 2.09. The maximum Gasteiger partial charge on any atom is 0.262 e. The fourth-order valence-corrected chi connectivity index (χ4v) is 0.544. The van der Waals surface area contributed by atoms with Crippen molar-refractivity contribution in [2.45, 2.75) is 6.92 Å². The molecule has 0 saturated carbocycles. The van der Waals surface area contributed by atoms with Crippen LogP contribution in [0.1, 0.15) is 6.92 Å². The summed E-state index contributed by atoms with van der Waals surface area (Å²) in [4.78, 5) is 9.57. The van der Waals surface area contributed by atoms with Crippen LogP contribution in [0.4, 0.5) is 0 Å². The zero-order valence-corrected chi connectivity index (χ0v) is 7.16. The van der Waals surface area contributed by atoms with Crippen LogP contribution in [0.5, 0.6) is 0 Å². The molecule has 0 rings (SSSR count). The second kappa shape index (κ2) is 4.33. The number of nitrogens with zero attached hydrogens (tertiary/aromatic N) is 1. The summed E-state index contributed by atoms with van der Waals surface area (Å²) in [5, 5.41) is 10.1. The van der Waals surface area contributed by atoms with E-state index in [-0.39, 0.29) is 5.70 Å². The van der Waals surface area contributed by atoms with Gasteiger partial charge in [0.15, 0.2) is 0 Å². The molecule has 4 heteroatoms. The number of allylic oxidation sites excluding steroid dienone is 2. The van der Waals surface area contributed by atoms with Gasteiger partial charge in [0.1, 0.15) is 5.76 Å². The molecule has 0 aromatic rings. The third-order valence-corrected chi connectivity index (χ3v) is 1.30. The van der Waals surface area contributed by atoms with Gasteiger partial charge in [-0.15, -0.1) is 0 Å². The van der Waals surface area contributed by atoms with Crippen molar-refractivity contribution in [3.05, 3.63) is 46.4 Å². The van der Waals surface area contributed by atoms with Gasteiger partial charge < -0.3 is 4.74 Å². The topological polar surface area (TPSA) is 52.4 Å². The molecule has 0 bridgehead atoms. The van der Waals surface area contributed by atoms with Crippen molar-refractivity contribution in [3.63, 3.8) is 0 Å². The Morgan fingerprint density at radius 2 is 2.08 bits per heavy atom. The molecule has 0 unspecified atom stereocenters. The number of methoxy groups -OCH3 is 1. The predicted molar refractivity (Wildman–Crippen MR) is 46.0 cm³/mol. The largest absolute Gasteiger partial charge is 0.497 e. The van der Waals surface area contributed by atoms with E-state index in [4.69, 9.17) is 4.74 Å². The summed E-state index contributed by atoms with van der Waals surface area (Å²) in [6, 6.07) is 0. The van der Waals surface area contributed by atoms with Crippen LogP contribution in [0.25, 0.3) is 0 Å². The molecule has 0 radical (unpaired) electrons. The van der Waals surface area contributed by atoms with Gasteiger partial charge in [0.25, 0.3) is 5.70 Å². The van der Waals surface area contributed by atoms with Crippen LogP contribution in [-0.4, -0.2) is 12.0 Å². The normalized spacial score (nSPS) is 10.7. The third-order valence-electron chi connectivity index (χ3n) is 1.30. The van der Waals surface area contributed by atoms with Crippen molar-refractivity contribution < 1.29 is 9.66 Å².